The highest BCUT2D eigenvalue weighted by molar-refractivity contribution is 7.13. The lowest BCUT2D eigenvalue weighted by molar-refractivity contribution is 0.0465. The van der Waals surface area contributed by atoms with Crippen molar-refractivity contribution in [3.63, 3.8) is 0 Å². The van der Waals surface area contributed by atoms with Crippen molar-refractivity contribution in [2.75, 3.05) is 19.5 Å². The van der Waals surface area contributed by atoms with Crippen LogP contribution in [0.4, 0.5) is 10.8 Å². The van der Waals surface area contributed by atoms with Gasteiger partial charge in [-0.2, -0.15) is 0 Å². The number of hydrogen-bond donors (Lipinski definition) is 1. The molecular formula is C20H20N2O4S. The van der Waals surface area contributed by atoms with Crippen LogP contribution in [0, 0.1) is 6.92 Å². The minimum Gasteiger partial charge on any atom is -0.497 e. The Morgan fingerprint density at radius 2 is 1.89 bits per heavy atom. The summed E-state index contributed by atoms with van der Waals surface area (Å²) < 4.78 is 15.7. The van der Waals surface area contributed by atoms with Gasteiger partial charge in [-0.15, -0.1) is 11.3 Å². The van der Waals surface area contributed by atoms with E-state index in [9.17, 15) is 4.79 Å². The second-order valence-corrected chi connectivity index (χ2v) is 6.64. The molecule has 6 nitrogen and oxygen atoms in total. The first-order valence-corrected chi connectivity index (χ1v) is 9.14. The lowest BCUT2D eigenvalue weighted by Crippen LogP contribution is -2.07. The molecule has 0 aliphatic rings. The van der Waals surface area contributed by atoms with E-state index in [-0.39, 0.29) is 6.61 Å². The third-order valence-electron chi connectivity index (χ3n) is 3.83. The number of aryl methyl sites for hydroxylation is 1. The van der Waals surface area contributed by atoms with Crippen molar-refractivity contribution < 1.29 is 19.0 Å². The van der Waals surface area contributed by atoms with Crippen LogP contribution >= 0.6 is 11.3 Å². The highest BCUT2D eigenvalue weighted by Gasteiger charge is 2.15. The SMILES string of the molecule is COc1ccc(C(=O)OCc2csc(Nc3ccc(C)cc3)n2)c(OC)c1. The Morgan fingerprint density at radius 1 is 1.11 bits per heavy atom. The number of carbonyl (C=O) groups is 1. The van der Waals surface area contributed by atoms with E-state index in [1.54, 1.807) is 25.3 Å². The maximum Gasteiger partial charge on any atom is 0.342 e. The Balaban J connectivity index is 1.61. The number of carbonyl (C=O) groups excluding carboxylic acids is 1. The Morgan fingerprint density at radius 3 is 2.59 bits per heavy atom. The molecular weight excluding hydrogens is 364 g/mol. The van der Waals surface area contributed by atoms with E-state index in [1.807, 2.05) is 36.6 Å². The van der Waals surface area contributed by atoms with Crippen molar-refractivity contribution in [3.05, 3.63) is 64.7 Å². The van der Waals surface area contributed by atoms with Gasteiger partial charge < -0.3 is 19.5 Å². The fraction of sp³-hybridized carbons (Fsp3) is 0.200. The van der Waals surface area contributed by atoms with Gasteiger partial charge in [-0.25, -0.2) is 9.78 Å². The van der Waals surface area contributed by atoms with Crippen LogP contribution in [-0.2, 0) is 11.3 Å². The Kier molecular flexibility index (Phi) is 5.93. The molecule has 0 spiro atoms. The summed E-state index contributed by atoms with van der Waals surface area (Å²) in [6.45, 7) is 2.12. The first-order valence-electron chi connectivity index (χ1n) is 8.26. The molecule has 0 saturated carbocycles. The smallest absolute Gasteiger partial charge is 0.342 e. The molecule has 7 heteroatoms. The molecule has 0 bridgehead atoms. The molecule has 3 rings (SSSR count). The van der Waals surface area contributed by atoms with E-state index in [1.165, 1.54) is 24.0 Å². The summed E-state index contributed by atoms with van der Waals surface area (Å²) in [5, 5.41) is 5.83. The van der Waals surface area contributed by atoms with Crippen LogP contribution in [0.3, 0.4) is 0 Å². The zero-order valence-corrected chi connectivity index (χ0v) is 16.1. The summed E-state index contributed by atoms with van der Waals surface area (Å²) in [5.41, 5.74) is 3.17. The molecule has 1 N–H and O–H groups in total. The minimum absolute atomic E-state index is 0.0834. The predicted molar refractivity (Wildman–Crippen MR) is 105 cm³/mol. The number of rotatable bonds is 7. The van der Waals surface area contributed by atoms with Crippen LogP contribution in [0.25, 0.3) is 0 Å². The Labute approximate surface area is 161 Å². The lowest BCUT2D eigenvalue weighted by Gasteiger charge is -2.09. The van der Waals surface area contributed by atoms with Gasteiger partial charge in [-0.3, -0.25) is 0 Å². The molecule has 0 amide bonds. The van der Waals surface area contributed by atoms with E-state index < -0.39 is 5.97 Å². The number of ether oxygens (including phenoxy) is 3. The fourth-order valence-electron chi connectivity index (χ4n) is 2.38. The van der Waals surface area contributed by atoms with Crippen LogP contribution in [0.5, 0.6) is 11.5 Å². The highest BCUT2D eigenvalue weighted by atomic mass is 32.1. The summed E-state index contributed by atoms with van der Waals surface area (Å²) in [6, 6.07) is 13.0. The largest absolute Gasteiger partial charge is 0.497 e. The number of anilines is 2. The van der Waals surface area contributed by atoms with Crippen molar-refractivity contribution in [1.29, 1.82) is 0 Å². The molecule has 2 aromatic carbocycles. The molecule has 27 heavy (non-hydrogen) atoms. The number of benzene rings is 2. The first-order chi connectivity index (χ1) is 13.1. The van der Waals surface area contributed by atoms with Crippen LogP contribution < -0.4 is 14.8 Å². The topological polar surface area (TPSA) is 69.7 Å². The number of aromatic nitrogens is 1. The highest BCUT2D eigenvalue weighted by Crippen LogP contribution is 2.26. The second kappa shape index (κ2) is 8.55. The lowest BCUT2D eigenvalue weighted by atomic mass is 10.2. The van der Waals surface area contributed by atoms with Gasteiger partial charge in [0.05, 0.1) is 19.9 Å². The fourth-order valence-corrected chi connectivity index (χ4v) is 3.09. The van der Waals surface area contributed by atoms with Gasteiger partial charge in [0.1, 0.15) is 23.7 Å². The summed E-state index contributed by atoms with van der Waals surface area (Å²) in [7, 11) is 3.05. The molecule has 1 aromatic heterocycles. The molecule has 0 aliphatic heterocycles. The van der Waals surface area contributed by atoms with Gasteiger partial charge in [0, 0.05) is 17.1 Å². The van der Waals surface area contributed by atoms with E-state index in [0.717, 1.165) is 10.8 Å². The maximum absolute atomic E-state index is 12.3. The number of thiazole rings is 1. The summed E-state index contributed by atoms with van der Waals surface area (Å²) in [4.78, 5) is 16.8. The molecule has 3 aromatic rings. The van der Waals surface area contributed by atoms with Gasteiger partial charge in [0.2, 0.25) is 0 Å². The van der Waals surface area contributed by atoms with Crippen molar-refractivity contribution in [2.45, 2.75) is 13.5 Å². The van der Waals surface area contributed by atoms with Crippen LogP contribution in [0.15, 0.2) is 47.8 Å². The normalized spacial score (nSPS) is 10.3. The number of nitrogens with zero attached hydrogens (tertiary/aromatic N) is 1. The monoisotopic (exact) mass is 384 g/mol. The maximum atomic E-state index is 12.3. The van der Waals surface area contributed by atoms with Crippen LogP contribution in [-0.4, -0.2) is 25.2 Å². The van der Waals surface area contributed by atoms with Crippen molar-refractivity contribution >= 4 is 28.1 Å². The van der Waals surface area contributed by atoms with Crippen molar-refractivity contribution in [1.82, 2.24) is 4.98 Å². The standard InChI is InChI=1S/C20H20N2O4S/c1-13-4-6-14(7-5-13)21-20-22-15(12-27-20)11-26-19(23)17-9-8-16(24-2)10-18(17)25-3/h4-10,12H,11H2,1-3H3,(H,21,22). The summed E-state index contributed by atoms with van der Waals surface area (Å²) >= 11 is 1.45. The third-order valence-corrected chi connectivity index (χ3v) is 4.64. The van der Waals surface area contributed by atoms with E-state index in [4.69, 9.17) is 14.2 Å². The average molecular weight is 384 g/mol. The van der Waals surface area contributed by atoms with Gasteiger partial charge >= 0.3 is 5.97 Å². The molecule has 0 unspecified atom stereocenters. The van der Waals surface area contributed by atoms with E-state index >= 15 is 0 Å². The second-order valence-electron chi connectivity index (χ2n) is 5.78. The van der Waals surface area contributed by atoms with Crippen molar-refractivity contribution in [2.24, 2.45) is 0 Å². The minimum atomic E-state index is -0.476. The quantitative estimate of drug-likeness (QED) is 0.602. The summed E-state index contributed by atoms with van der Waals surface area (Å²) in [6.07, 6.45) is 0. The summed E-state index contributed by atoms with van der Waals surface area (Å²) in [5.74, 6) is 0.532. The molecule has 0 aliphatic carbocycles. The third kappa shape index (κ3) is 4.77. The zero-order chi connectivity index (χ0) is 19.2. The molecule has 1 heterocycles. The molecule has 0 atom stereocenters. The van der Waals surface area contributed by atoms with E-state index in [0.29, 0.717) is 22.8 Å². The molecule has 140 valence electrons. The molecule has 0 fully saturated rings. The van der Waals surface area contributed by atoms with Crippen LogP contribution in [0.2, 0.25) is 0 Å². The zero-order valence-electron chi connectivity index (χ0n) is 15.3. The Hall–Kier alpha value is -3.06. The van der Waals surface area contributed by atoms with Gasteiger partial charge in [-0.05, 0) is 31.2 Å². The number of esters is 1. The molecule has 0 saturated heterocycles. The number of hydrogen-bond acceptors (Lipinski definition) is 7. The van der Waals surface area contributed by atoms with E-state index in [2.05, 4.69) is 10.3 Å². The first kappa shape index (κ1) is 18.7. The van der Waals surface area contributed by atoms with Crippen LogP contribution in [0.1, 0.15) is 21.6 Å². The van der Waals surface area contributed by atoms with Gasteiger partial charge in [-0.1, -0.05) is 17.7 Å². The predicted octanol–water partition coefficient (Wildman–Crippen LogP) is 4.57. The molecule has 0 radical (unpaired) electrons. The number of nitrogens with one attached hydrogen (secondary N) is 1. The number of methoxy groups -OCH3 is 2. The van der Waals surface area contributed by atoms with Gasteiger partial charge in [0.15, 0.2) is 5.13 Å². The Bertz CT molecular complexity index is 922. The van der Waals surface area contributed by atoms with Gasteiger partial charge in [0.25, 0.3) is 0 Å². The average Bonchev–Trinajstić information content (AvgIpc) is 3.14. The van der Waals surface area contributed by atoms with Crippen molar-refractivity contribution in [3.8, 4) is 11.5 Å².